The maximum Gasteiger partial charge on any atom is 0.221 e. The maximum absolute atomic E-state index is 6.10. The van der Waals surface area contributed by atoms with E-state index in [0.717, 1.165) is 30.0 Å². The largest absolute Gasteiger partial charge is 0.496 e. The van der Waals surface area contributed by atoms with Gasteiger partial charge in [0.2, 0.25) is 5.95 Å². The topological polar surface area (TPSA) is 96.8 Å². The quantitative estimate of drug-likeness (QED) is 0.787. The molecule has 4 N–H and O–H groups in total. The molecule has 0 spiro atoms. The van der Waals surface area contributed by atoms with Gasteiger partial charge in [0.25, 0.3) is 0 Å². The molecule has 0 radical (unpaired) electrons. The van der Waals surface area contributed by atoms with Crippen molar-refractivity contribution in [2.45, 2.75) is 25.8 Å². The molecule has 1 aromatic carbocycles. The van der Waals surface area contributed by atoms with Gasteiger partial charge in [-0.05, 0) is 38.4 Å². The number of nitrogen functional groups attached to an aromatic ring is 2. The van der Waals surface area contributed by atoms with E-state index in [1.54, 1.807) is 13.3 Å². The molecule has 1 aromatic heterocycles. The first-order valence-corrected chi connectivity index (χ1v) is 10.7. The van der Waals surface area contributed by atoms with Crippen LogP contribution < -0.4 is 21.1 Å². The molecule has 8 heteroatoms. The first kappa shape index (κ1) is 20.7. The molecule has 2 saturated heterocycles. The summed E-state index contributed by atoms with van der Waals surface area (Å²) in [6, 6.07) is 4.94. The molecule has 4 rings (SSSR count). The molecule has 2 aliphatic rings. The third-order valence-corrected chi connectivity index (χ3v) is 6.50. The third-order valence-electron chi connectivity index (χ3n) is 6.50. The number of nitrogens with two attached hydrogens (primary N) is 2. The number of methoxy groups -OCH3 is 1. The predicted molar refractivity (Wildman–Crippen MR) is 122 cm³/mol. The predicted octanol–water partition coefficient (Wildman–Crippen LogP) is 1.84. The minimum atomic E-state index is 0.173. The first-order valence-electron chi connectivity index (χ1n) is 10.7. The minimum absolute atomic E-state index is 0.173. The second-order valence-electron chi connectivity index (χ2n) is 8.42. The number of aryl methyl sites for hydroxylation is 1. The lowest BCUT2D eigenvalue weighted by Gasteiger charge is -2.43. The highest BCUT2D eigenvalue weighted by atomic mass is 16.5. The van der Waals surface area contributed by atoms with E-state index in [1.165, 1.54) is 50.3 Å². The van der Waals surface area contributed by atoms with Crippen molar-refractivity contribution in [2.75, 3.05) is 69.8 Å². The average molecular weight is 412 g/mol. The van der Waals surface area contributed by atoms with E-state index >= 15 is 0 Å². The van der Waals surface area contributed by atoms with Crippen LogP contribution in [0.3, 0.4) is 0 Å². The van der Waals surface area contributed by atoms with Crippen LogP contribution in [0.5, 0.6) is 5.75 Å². The normalized spacial score (nSPS) is 19.2. The smallest absolute Gasteiger partial charge is 0.221 e. The summed E-state index contributed by atoms with van der Waals surface area (Å²) in [5.41, 5.74) is 15.8. The summed E-state index contributed by atoms with van der Waals surface area (Å²) in [7, 11) is 3.90. The van der Waals surface area contributed by atoms with Crippen molar-refractivity contribution in [2.24, 2.45) is 0 Å². The van der Waals surface area contributed by atoms with Gasteiger partial charge in [-0.3, -0.25) is 4.90 Å². The number of benzene rings is 1. The van der Waals surface area contributed by atoms with Crippen LogP contribution in [0.4, 0.5) is 17.5 Å². The van der Waals surface area contributed by atoms with Gasteiger partial charge in [-0.1, -0.05) is 0 Å². The van der Waals surface area contributed by atoms with E-state index < -0.39 is 0 Å². The van der Waals surface area contributed by atoms with Crippen LogP contribution in [0.1, 0.15) is 18.4 Å². The van der Waals surface area contributed by atoms with E-state index in [1.807, 2.05) is 0 Å². The van der Waals surface area contributed by atoms with E-state index in [-0.39, 0.29) is 5.95 Å². The standard InChI is InChI=1S/C22H33N7O/c1-15-12-17(18-14-25-22(24)26-21(18)23)20(30-3)13-19(15)29-6-4-16(5-7-29)28-10-8-27(2)9-11-28/h12-14,16H,4-11H2,1-3H3,(H4,23,24,25,26). The molecule has 8 nitrogen and oxygen atoms in total. The molecule has 0 amide bonds. The third kappa shape index (κ3) is 4.15. The lowest BCUT2D eigenvalue weighted by molar-refractivity contribution is 0.0982. The zero-order valence-electron chi connectivity index (χ0n) is 18.3. The van der Waals surface area contributed by atoms with Gasteiger partial charge in [0.15, 0.2) is 0 Å². The first-order chi connectivity index (χ1) is 14.5. The summed E-state index contributed by atoms with van der Waals surface area (Å²) in [5, 5.41) is 0. The van der Waals surface area contributed by atoms with Crippen LogP contribution in [0.15, 0.2) is 18.3 Å². The summed E-state index contributed by atoms with van der Waals surface area (Å²) in [6.07, 6.45) is 4.06. The molecule has 2 aliphatic heterocycles. The van der Waals surface area contributed by atoms with Crippen molar-refractivity contribution in [3.8, 4) is 16.9 Å². The molecule has 0 unspecified atom stereocenters. The molecule has 162 valence electrons. The Morgan fingerprint density at radius 1 is 1.00 bits per heavy atom. The van der Waals surface area contributed by atoms with Gasteiger partial charge >= 0.3 is 0 Å². The van der Waals surface area contributed by atoms with Gasteiger partial charge in [0, 0.05) is 74.4 Å². The molecule has 0 aliphatic carbocycles. The van der Waals surface area contributed by atoms with Crippen LogP contribution in [-0.2, 0) is 0 Å². The number of aromatic nitrogens is 2. The summed E-state index contributed by atoms with van der Waals surface area (Å²) in [4.78, 5) is 15.8. The Bertz CT molecular complexity index is 887. The highest BCUT2D eigenvalue weighted by molar-refractivity contribution is 5.81. The molecule has 0 bridgehead atoms. The summed E-state index contributed by atoms with van der Waals surface area (Å²) in [5.74, 6) is 1.31. The van der Waals surface area contributed by atoms with Gasteiger partial charge in [-0.25, -0.2) is 4.98 Å². The average Bonchev–Trinajstić information content (AvgIpc) is 2.74. The van der Waals surface area contributed by atoms with Gasteiger partial charge < -0.3 is 26.0 Å². The molecule has 30 heavy (non-hydrogen) atoms. The highest BCUT2D eigenvalue weighted by Gasteiger charge is 2.27. The molecule has 0 saturated carbocycles. The Morgan fingerprint density at radius 2 is 1.70 bits per heavy atom. The summed E-state index contributed by atoms with van der Waals surface area (Å²) >= 11 is 0. The SMILES string of the molecule is COc1cc(N2CCC(N3CCN(C)CC3)CC2)c(C)cc1-c1cnc(N)nc1N. The Kier molecular flexibility index (Phi) is 5.97. The van der Waals surface area contributed by atoms with Crippen LogP contribution >= 0.6 is 0 Å². The van der Waals surface area contributed by atoms with Gasteiger partial charge in [-0.15, -0.1) is 0 Å². The fraction of sp³-hybridized carbons (Fsp3) is 0.545. The number of hydrogen-bond acceptors (Lipinski definition) is 8. The number of ether oxygens (including phenoxy) is 1. The van der Waals surface area contributed by atoms with Gasteiger partial charge in [0.05, 0.1) is 7.11 Å². The zero-order valence-corrected chi connectivity index (χ0v) is 18.3. The number of likely N-dealkylation sites (N-methyl/N-ethyl adjacent to an activating group) is 1. The van der Waals surface area contributed by atoms with Crippen LogP contribution in [0, 0.1) is 6.92 Å². The molecular weight excluding hydrogens is 378 g/mol. The molecular formula is C22H33N7O. The fourth-order valence-electron chi connectivity index (χ4n) is 4.67. The summed E-state index contributed by atoms with van der Waals surface area (Å²) < 4.78 is 5.72. The second kappa shape index (κ2) is 8.65. The van der Waals surface area contributed by atoms with Crippen molar-refractivity contribution in [3.63, 3.8) is 0 Å². The summed E-state index contributed by atoms with van der Waals surface area (Å²) in [6.45, 7) is 8.99. The number of rotatable bonds is 4. The van der Waals surface area contributed by atoms with Crippen molar-refractivity contribution < 1.29 is 4.74 Å². The molecule has 3 heterocycles. The van der Waals surface area contributed by atoms with E-state index in [9.17, 15) is 0 Å². The lowest BCUT2D eigenvalue weighted by atomic mass is 9.98. The number of piperidine rings is 1. The molecule has 2 fully saturated rings. The van der Waals surface area contributed by atoms with Crippen LogP contribution in [-0.4, -0.2) is 79.2 Å². The van der Waals surface area contributed by atoms with Crippen molar-refractivity contribution in [1.82, 2.24) is 19.8 Å². The Hall–Kier alpha value is -2.58. The Labute approximate surface area is 178 Å². The van der Waals surface area contributed by atoms with Crippen LogP contribution in [0.2, 0.25) is 0 Å². The van der Waals surface area contributed by atoms with Gasteiger partial charge in [0.1, 0.15) is 11.6 Å². The van der Waals surface area contributed by atoms with Crippen molar-refractivity contribution >= 4 is 17.5 Å². The Balaban J connectivity index is 1.51. The van der Waals surface area contributed by atoms with E-state index in [0.29, 0.717) is 11.9 Å². The highest BCUT2D eigenvalue weighted by Crippen LogP contribution is 2.38. The molecule has 2 aromatic rings. The molecule has 0 atom stereocenters. The van der Waals surface area contributed by atoms with Crippen molar-refractivity contribution in [3.05, 3.63) is 23.9 Å². The van der Waals surface area contributed by atoms with E-state index in [4.69, 9.17) is 16.2 Å². The number of nitrogens with zero attached hydrogens (tertiary/aromatic N) is 5. The lowest BCUT2D eigenvalue weighted by Crippen LogP contribution is -2.52. The van der Waals surface area contributed by atoms with E-state index in [2.05, 4.69) is 50.8 Å². The van der Waals surface area contributed by atoms with Crippen molar-refractivity contribution in [1.29, 1.82) is 0 Å². The van der Waals surface area contributed by atoms with Crippen LogP contribution in [0.25, 0.3) is 11.1 Å². The van der Waals surface area contributed by atoms with Gasteiger partial charge in [-0.2, -0.15) is 4.98 Å². The number of anilines is 3. The zero-order chi connectivity index (χ0) is 21.3. The minimum Gasteiger partial charge on any atom is -0.496 e. The maximum atomic E-state index is 6.10. The monoisotopic (exact) mass is 411 g/mol. The Morgan fingerprint density at radius 3 is 2.33 bits per heavy atom. The second-order valence-corrected chi connectivity index (χ2v) is 8.42. The number of piperazine rings is 1. The fourth-order valence-corrected chi connectivity index (χ4v) is 4.67. The number of hydrogen-bond donors (Lipinski definition) is 2.